The number of carbonyl (C=O) groups is 1. The van der Waals surface area contributed by atoms with Gasteiger partial charge in [0, 0.05) is 13.1 Å². The SMILES string of the molecule is CC(C)(C)OC(=O)C1C2CCCNN1CC2. The number of esters is 1. The van der Waals surface area contributed by atoms with Crippen LogP contribution < -0.4 is 5.43 Å². The second-order valence-electron chi connectivity index (χ2n) is 5.77. The summed E-state index contributed by atoms with van der Waals surface area (Å²) in [5.74, 6) is 0.411. The second-order valence-corrected chi connectivity index (χ2v) is 5.77. The molecule has 0 spiro atoms. The van der Waals surface area contributed by atoms with Crippen LogP contribution in [0.4, 0.5) is 0 Å². The Morgan fingerprint density at radius 1 is 1.38 bits per heavy atom. The summed E-state index contributed by atoms with van der Waals surface area (Å²) >= 11 is 0. The van der Waals surface area contributed by atoms with Crippen molar-refractivity contribution in [2.75, 3.05) is 13.1 Å². The Labute approximate surface area is 97.3 Å². The van der Waals surface area contributed by atoms with E-state index in [4.69, 9.17) is 4.74 Å². The van der Waals surface area contributed by atoms with Gasteiger partial charge in [-0.3, -0.25) is 10.2 Å². The van der Waals surface area contributed by atoms with E-state index in [1.807, 2.05) is 20.8 Å². The number of ether oxygens (including phenoxy) is 1. The monoisotopic (exact) mass is 226 g/mol. The van der Waals surface area contributed by atoms with Crippen LogP contribution in [0.25, 0.3) is 0 Å². The van der Waals surface area contributed by atoms with Crippen molar-refractivity contribution in [2.45, 2.75) is 51.7 Å². The molecule has 0 radical (unpaired) electrons. The quantitative estimate of drug-likeness (QED) is 0.685. The minimum atomic E-state index is -0.385. The highest BCUT2D eigenvalue weighted by molar-refractivity contribution is 5.77. The molecule has 0 amide bonds. The molecule has 0 aromatic heterocycles. The van der Waals surface area contributed by atoms with E-state index >= 15 is 0 Å². The highest BCUT2D eigenvalue weighted by Gasteiger charge is 2.42. The molecule has 2 saturated heterocycles. The Hall–Kier alpha value is -0.610. The van der Waals surface area contributed by atoms with Crippen LogP contribution in [0.3, 0.4) is 0 Å². The maximum Gasteiger partial charge on any atom is 0.325 e. The molecule has 2 rings (SSSR count). The zero-order valence-electron chi connectivity index (χ0n) is 10.5. The summed E-state index contributed by atoms with van der Waals surface area (Å²) in [5, 5.41) is 2.08. The number of hydrogen-bond acceptors (Lipinski definition) is 4. The molecular weight excluding hydrogens is 204 g/mol. The van der Waals surface area contributed by atoms with Crippen molar-refractivity contribution in [3.63, 3.8) is 0 Å². The minimum Gasteiger partial charge on any atom is -0.459 e. The number of nitrogens with zero attached hydrogens (tertiary/aromatic N) is 1. The molecule has 1 N–H and O–H groups in total. The van der Waals surface area contributed by atoms with Gasteiger partial charge in [0.1, 0.15) is 11.6 Å². The molecule has 0 aromatic carbocycles. The first-order valence-electron chi connectivity index (χ1n) is 6.20. The van der Waals surface area contributed by atoms with Crippen molar-refractivity contribution in [2.24, 2.45) is 5.92 Å². The highest BCUT2D eigenvalue weighted by Crippen LogP contribution is 2.30. The zero-order chi connectivity index (χ0) is 11.8. The molecule has 2 bridgehead atoms. The van der Waals surface area contributed by atoms with Gasteiger partial charge in [-0.2, -0.15) is 0 Å². The van der Waals surface area contributed by atoms with Crippen molar-refractivity contribution in [1.29, 1.82) is 0 Å². The molecule has 4 nitrogen and oxygen atoms in total. The van der Waals surface area contributed by atoms with Crippen molar-refractivity contribution >= 4 is 5.97 Å². The van der Waals surface area contributed by atoms with Gasteiger partial charge in [0.2, 0.25) is 0 Å². The molecule has 2 aliphatic rings. The van der Waals surface area contributed by atoms with Crippen LogP contribution >= 0.6 is 0 Å². The van der Waals surface area contributed by atoms with E-state index in [0.717, 1.165) is 32.4 Å². The first kappa shape index (κ1) is 11.9. The van der Waals surface area contributed by atoms with E-state index in [9.17, 15) is 4.79 Å². The summed E-state index contributed by atoms with van der Waals surface area (Å²) < 4.78 is 5.49. The minimum absolute atomic E-state index is 0.0654. The summed E-state index contributed by atoms with van der Waals surface area (Å²) in [6.45, 7) is 7.72. The lowest BCUT2D eigenvalue weighted by molar-refractivity contribution is -0.162. The van der Waals surface area contributed by atoms with Crippen LogP contribution in [-0.4, -0.2) is 35.7 Å². The van der Waals surface area contributed by atoms with Crippen LogP contribution in [0.1, 0.15) is 40.0 Å². The van der Waals surface area contributed by atoms with Gasteiger partial charge in [-0.1, -0.05) is 0 Å². The molecule has 0 aromatic rings. The Morgan fingerprint density at radius 2 is 2.12 bits per heavy atom. The van der Waals surface area contributed by atoms with Crippen LogP contribution in [0.5, 0.6) is 0 Å². The second kappa shape index (κ2) is 4.34. The van der Waals surface area contributed by atoms with Crippen LogP contribution in [0.2, 0.25) is 0 Å². The molecule has 2 fully saturated rings. The fourth-order valence-electron chi connectivity index (χ4n) is 2.60. The van der Waals surface area contributed by atoms with Gasteiger partial charge in [-0.15, -0.1) is 0 Å². The number of hydrogen-bond donors (Lipinski definition) is 1. The van der Waals surface area contributed by atoms with E-state index in [0.29, 0.717) is 5.92 Å². The average molecular weight is 226 g/mol. The smallest absolute Gasteiger partial charge is 0.325 e. The van der Waals surface area contributed by atoms with Crippen molar-refractivity contribution in [3.8, 4) is 0 Å². The fourth-order valence-corrected chi connectivity index (χ4v) is 2.60. The topological polar surface area (TPSA) is 41.6 Å². The maximum absolute atomic E-state index is 12.1. The van der Waals surface area contributed by atoms with Gasteiger partial charge in [0.15, 0.2) is 0 Å². The average Bonchev–Trinajstić information content (AvgIpc) is 2.36. The van der Waals surface area contributed by atoms with E-state index in [1.165, 1.54) is 0 Å². The summed E-state index contributed by atoms with van der Waals surface area (Å²) in [4.78, 5) is 12.1. The van der Waals surface area contributed by atoms with E-state index in [-0.39, 0.29) is 17.6 Å². The molecule has 16 heavy (non-hydrogen) atoms. The molecule has 3 unspecified atom stereocenters. The molecule has 4 heteroatoms. The van der Waals surface area contributed by atoms with Crippen molar-refractivity contribution in [1.82, 2.24) is 10.4 Å². The maximum atomic E-state index is 12.1. The van der Waals surface area contributed by atoms with Gasteiger partial charge >= 0.3 is 5.97 Å². The Bertz CT molecular complexity index is 259. The van der Waals surface area contributed by atoms with Gasteiger partial charge in [0.25, 0.3) is 0 Å². The summed E-state index contributed by atoms with van der Waals surface area (Å²) in [6, 6.07) is -0.0678. The Morgan fingerprint density at radius 3 is 2.81 bits per heavy atom. The normalized spacial score (nSPS) is 34.6. The third-order valence-corrected chi connectivity index (χ3v) is 3.24. The largest absolute Gasteiger partial charge is 0.459 e. The Balaban J connectivity index is 2.05. The Kier molecular flexibility index (Phi) is 3.22. The molecule has 92 valence electrons. The van der Waals surface area contributed by atoms with Crippen molar-refractivity contribution < 1.29 is 9.53 Å². The number of fused-ring (bicyclic) bond motifs is 2. The predicted molar refractivity (Wildman–Crippen MR) is 61.7 cm³/mol. The van der Waals surface area contributed by atoms with E-state index in [1.54, 1.807) is 0 Å². The van der Waals surface area contributed by atoms with E-state index in [2.05, 4.69) is 10.4 Å². The molecule has 2 aliphatic heterocycles. The van der Waals surface area contributed by atoms with Crippen LogP contribution in [-0.2, 0) is 9.53 Å². The third-order valence-electron chi connectivity index (χ3n) is 3.24. The van der Waals surface area contributed by atoms with Crippen LogP contribution in [0.15, 0.2) is 0 Å². The lowest BCUT2D eigenvalue weighted by Gasteiger charge is -2.28. The standard InChI is InChI=1S/C12H22N2O2/c1-12(2,3)16-11(15)10-9-5-4-7-13-14(10)8-6-9/h9-10,13H,4-8H2,1-3H3. The number of hydrazine groups is 1. The molecular formula is C12H22N2O2. The molecule has 3 atom stereocenters. The van der Waals surface area contributed by atoms with Gasteiger partial charge in [-0.05, 0) is 46.0 Å². The van der Waals surface area contributed by atoms with Crippen LogP contribution in [0, 0.1) is 5.92 Å². The predicted octanol–water partition coefficient (Wildman–Crippen LogP) is 1.32. The zero-order valence-corrected chi connectivity index (χ0v) is 10.5. The van der Waals surface area contributed by atoms with Gasteiger partial charge in [-0.25, -0.2) is 5.01 Å². The molecule has 0 saturated carbocycles. The van der Waals surface area contributed by atoms with E-state index < -0.39 is 0 Å². The number of carbonyl (C=O) groups excluding carboxylic acids is 1. The highest BCUT2D eigenvalue weighted by atomic mass is 16.6. The number of nitrogens with one attached hydrogen (secondary N) is 1. The summed E-state index contributed by atoms with van der Waals surface area (Å²) in [7, 11) is 0. The van der Waals surface area contributed by atoms with Crippen molar-refractivity contribution in [3.05, 3.63) is 0 Å². The van der Waals surface area contributed by atoms with Gasteiger partial charge < -0.3 is 4.74 Å². The lowest BCUT2D eigenvalue weighted by Crippen LogP contribution is -2.48. The lowest BCUT2D eigenvalue weighted by atomic mass is 9.95. The van der Waals surface area contributed by atoms with Gasteiger partial charge in [0.05, 0.1) is 0 Å². The number of rotatable bonds is 1. The first-order valence-corrected chi connectivity index (χ1v) is 6.20. The fraction of sp³-hybridized carbons (Fsp3) is 0.917. The summed E-state index contributed by atoms with van der Waals surface area (Å²) in [5.41, 5.74) is 2.94. The summed E-state index contributed by atoms with van der Waals surface area (Å²) in [6.07, 6.45) is 3.39. The molecule has 0 aliphatic carbocycles. The third kappa shape index (κ3) is 2.55. The molecule has 2 heterocycles. The first-order chi connectivity index (χ1) is 7.47.